The highest BCUT2D eigenvalue weighted by molar-refractivity contribution is 5.79. The van der Waals surface area contributed by atoms with Gasteiger partial charge in [-0.05, 0) is 44.4 Å². The summed E-state index contributed by atoms with van der Waals surface area (Å²) in [5.74, 6) is 0.915. The van der Waals surface area contributed by atoms with Crippen LogP contribution in [0.2, 0.25) is 0 Å². The summed E-state index contributed by atoms with van der Waals surface area (Å²) in [5, 5.41) is 6.47. The average molecular weight is 276 g/mol. The second-order valence-corrected chi connectivity index (χ2v) is 4.96. The van der Waals surface area contributed by atoms with Gasteiger partial charge < -0.3 is 15.5 Å². The maximum Gasteiger partial charge on any atom is 0.191 e. The molecule has 1 rings (SSSR count). The van der Waals surface area contributed by atoms with Crippen molar-refractivity contribution in [2.24, 2.45) is 4.99 Å². The molecule has 0 spiro atoms. The molecule has 0 unspecified atom stereocenters. The Morgan fingerprint density at radius 1 is 1.05 bits per heavy atom. The SMILES string of the molecule is CCNC(=NCCCc1ccc(N(C)C)cc1)NCC. The Hall–Kier alpha value is -1.71. The first-order valence-electron chi connectivity index (χ1n) is 7.45. The molecule has 0 atom stereocenters. The quantitative estimate of drug-likeness (QED) is 0.456. The number of hydrogen-bond donors (Lipinski definition) is 2. The van der Waals surface area contributed by atoms with Gasteiger partial charge in [-0.2, -0.15) is 0 Å². The molecule has 0 amide bonds. The Bertz CT molecular complexity index is 387. The van der Waals surface area contributed by atoms with E-state index in [0.717, 1.165) is 38.4 Å². The molecule has 0 radical (unpaired) electrons. The normalized spacial score (nSPS) is 10.0. The van der Waals surface area contributed by atoms with Gasteiger partial charge in [-0.15, -0.1) is 0 Å². The molecule has 4 nitrogen and oxygen atoms in total. The van der Waals surface area contributed by atoms with Crippen molar-refractivity contribution in [3.05, 3.63) is 29.8 Å². The van der Waals surface area contributed by atoms with Crippen LogP contribution in [0.15, 0.2) is 29.3 Å². The van der Waals surface area contributed by atoms with Gasteiger partial charge in [0.05, 0.1) is 0 Å². The molecule has 4 heteroatoms. The first-order valence-corrected chi connectivity index (χ1v) is 7.45. The summed E-state index contributed by atoms with van der Waals surface area (Å²) in [6, 6.07) is 8.74. The monoisotopic (exact) mass is 276 g/mol. The van der Waals surface area contributed by atoms with E-state index in [2.05, 4.69) is 72.7 Å². The number of guanidine groups is 1. The molecule has 0 aliphatic rings. The first-order chi connectivity index (χ1) is 9.67. The van der Waals surface area contributed by atoms with E-state index in [1.807, 2.05) is 0 Å². The van der Waals surface area contributed by atoms with E-state index in [-0.39, 0.29) is 0 Å². The van der Waals surface area contributed by atoms with E-state index in [1.54, 1.807) is 0 Å². The van der Waals surface area contributed by atoms with Crippen molar-refractivity contribution in [1.82, 2.24) is 10.6 Å². The zero-order valence-electron chi connectivity index (χ0n) is 13.2. The van der Waals surface area contributed by atoms with Crippen LogP contribution in [0.1, 0.15) is 25.8 Å². The third kappa shape index (κ3) is 5.95. The highest BCUT2D eigenvalue weighted by atomic mass is 15.2. The summed E-state index contributed by atoms with van der Waals surface area (Å²) in [4.78, 5) is 6.67. The van der Waals surface area contributed by atoms with Gasteiger partial charge in [0.15, 0.2) is 5.96 Å². The van der Waals surface area contributed by atoms with Crippen molar-refractivity contribution in [3.8, 4) is 0 Å². The molecule has 0 aliphatic heterocycles. The number of rotatable bonds is 7. The van der Waals surface area contributed by atoms with Crippen molar-refractivity contribution in [2.75, 3.05) is 38.6 Å². The van der Waals surface area contributed by atoms with Crippen LogP contribution in [0, 0.1) is 0 Å². The van der Waals surface area contributed by atoms with Gasteiger partial charge in [0.25, 0.3) is 0 Å². The van der Waals surface area contributed by atoms with Crippen molar-refractivity contribution in [1.29, 1.82) is 0 Å². The van der Waals surface area contributed by atoms with Crippen molar-refractivity contribution in [2.45, 2.75) is 26.7 Å². The summed E-state index contributed by atoms with van der Waals surface area (Å²) < 4.78 is 0. The van der Waals surface area contributed by atoms with Crippen LogP contribution >= 0.6 is 0 Å². The Morgan fingerprint density at radius 2 is 1.65 bits per heavy atom. The summed E-state index contributed by atoms with van der Waals surface area (Å²) in [6.07, 6.45) is 2.14. The summed E-state index contributed by atoms with van der Waals surface area (Å²) >= 11 is 0. The predicted octanol–water partition coefficient (Wildman–Crippen LogP) is 2.26. The zero-order valence-corrected chi connectivity index (χ0v) is 13.2. The minimum absolute atomic E-state index is 0.852. The summed E-state index contributed by atoms with van der Waals surface area (Å²) in [6.45, 7) is 6.82. The Morgan fingerprint density at radius 3 is 2.15 bits per heavy atom. The molecule has 1 aromatic carbocycles. The summed E-state index contributed by atoms with van der Waals surface area (Å²) in [5.41, 5.74) is 2.62. The van der Waals surface area contributed by atoms with Crippen LogP contribution in [0.5, 0.6) is 0 Å². The number of aryl methyl sites for hydroxylation is 1. The Labute approximate surface area is 123 Å². The number of anilines is 1. The molecule has 2 N–H and O–H groups in total. The number of hydrogen-bond acceptors (Lipinski definition) is 2. The van der Waals surface area contributed by atoms with Gasteiger partial charge in [-0.1, -0.05) is 12.1 Å². The molecule has 0 aromatic heterocycles. The predicted molar refractivity (Wildman–Crippen MR) is 88.7 cm³/mol. The van der Waals surface area contributed by atoms with Crippen molar-refractivity contribution in [3.63, 3.8) is 0 Å². The number of benzene rings is 1. The molecular formula is C16H28N4. The van der Waals surface area contributed by atoms with Crippen LogP contribution in [-0.2, 0) is 6.42 Å². The molecular weight excluding hydrogens is 248 g/mol. The molecule has 0 fully saturated rings. The Balaban J connectivity index is 2.37. The molecule has 0 bridgehead atoms. The van der Waals surface area contributed by atoms with Gasteiger partial charge in [0.1, 0.15) is 0 Å². The lowest BCUT2D eigenvalue weighted by Crippen LogP contribution is -2.37. The molecule has 112 valence electrons. The van der Waals surface area contributed by atoms with Gasteiger partial charge in [0, 0.05) is 39.4 Å². The largest absolute Gasteiger partial charge is 0.378 e. The lowest BCUT2D eigenvalue weighted by atomic mass is 10.1. The highest BCUT2D eigenvalue weighted by Crippen LogP contribution is 2.13. The van der Waals surface area contributed by atoms with Crippen molar-refractivity contribution >= 4 is 11.6 Å². The van der Waals surface area contributed by atoms with Crippen LogP contribution in [0.25, 0.3) is 0 Å². The molecule has 0 aliphatic carbocycles. The number of nitrogens with one attached hydrogen (secondary N) is 2. The second-order valence-electron chi connectivity index (χ2n) is 4.96. The van der Waals surface area contributed by atoms with E-state index < -0.39 is 0 Å². The summed E-state index contributed by atoms with van der Waals surface area (Å²) in [7, 11) is 4.12. The highest BCUT2D eigenvalue weighted by Gasteiger charge is 1.97. The minimum atomic E-state index is 0.852. The van der Waals surface area contributed by atoms with Crippen LogP contribution in [-0.4, -0.2) is 39.7 Å². The lowest BCUT2D eigenvalue weighted by Gasteiger charge is -2.12. The molecule has 0 heterocycles. The third-order valence-corrected chi connectivity index (χ3v) is 3.03. The fourth-order valence-corrected chi connectivity index (χ4v) is 1.94. The van der Waals surface area contributed by atoms with Crippen LogP contribution < -0.4 is 15.5 Å². The van der Waals surface area contributed by atoms with E-state index in [1.165, 1.54) is 11.3 Å². The van der Waals surface area contributed by atoms with Gasteiger partial charge in [-0.25, -0.2) is 0 Å². The lowest BCUT2D eigenvalue weighted by molar-refractivity contribution is 0.795. The van der Waals surface area contributed by atoms with E-state index in [9.17, 15) is 0 Å². The second kappa shape index (κ2) is 9.23. The maximum absolute atomic E-state index is 4.55. The smallest absolute Gasteiger partial charge is 0.191 e. The molecule has 0 saturated carbocycles. The first kappa shape index (κ1) is 16.3. The van der Waals surface area contributed by atoms with Gasteiger partial charge in [-0.3, -0.25) is 4.99 Å². The molecule has 20 heavy (non-hydrogen) atoms. The average Bonchev–Trinajstić information content (AvgIpc) is 2.44. The van der Waals surface area contributed by atoms with Crippen molar-refractivity contribution < 1.29 is 0 Å². The van der Waals surface area contributed by atoms with E-state index in [0.29, 0.717) is 0 Å². The van der Waals surface area contributed by atoms with Gasteiger partial charge >= 0.3 is 0 Å². The fourth-order valence-electron chi connectivity index (χ4n) is 1.94. The molecule has 0 saturated heterocycles. The van der Waals surface area contributed by atoms with Gasteiger partial charge in [0.2, 0.25) is 0 Å². The topological polar surface area (TPSA) is 39.7 Å². The zero-order chi connectivity index (χ0) is 14.8. The third-order valence-electron chi connectivity index (χ3n) is 3.03. The Kier molecular flexibility index (Phi) is 7.55. The maximum atomic E-state index is 4.55. The van der Waals surface area contributed by atoms with Crippen LogP contribution in [0.4, 0.5) is 5.69 Å². The van der Waals surface area contributed by atoms with E-state index >= 15 is 0 Å². The minimum Gasteiger partial charge on any atom is -0.378 e. The fraction of sp³-hybridized carbons (Fsp3) is 0.562. The number of nitrogens with zero attached hydrogens (tertiary/aromatic N) is 2. The molecule has 1 aromatic rings. The standard InChI is InChI=1S/C16H28N4/c1-5-17-16(18-6-2)19-13-7-8-14-9-11-15(12-10-14)20(3)4/h9-12H,5-8,13H2,1-4H3,(H2,17,18,19). The number of aliphatic imine (C=N–C) groups is 1. The van der Waals surface area contributed by atoms with E-state index in [4.69, 9.17) is 0 Å². The van der Waals surface area contributed by atoms with Crippen LogP contribution in [0.3, 0.4) is 0 Å².